The Balaban J connectivity index is 1.21. The Hall–Kier alpha value is -4.76. The molecule has 9 heteroatoms. The number of nitrogens with zero attached hydrogens (tertiary/aromatic N) is 4. The smallest absolute Gasteiger partial charge is 0.300 e. The van der Waals surface area contributed by atoms with Crippen molar-refractivity contribution in [2.75, 3.05) is 11.9 Å². The molecular formula is C32H29N5O3S. The standard InChI is InChI=1S/C32H29N5O3S/c1-4-15-37(21(3)38)19-22-7-11-25(34-18-22)30-17-27-31(41-30)29(13-14-33-27)39-24-10-12-28-26(16-24)36-32(40-28)35-23-8-5-20(2)6-9-23/h5-14,16-18H,4,15,19H2,1-3H3,(H,35,36). The molecule has 0 aliphatic carbocycles. The molecule has 4 heterocycles. The molecule has 2 aromatic carbocycles. The number of thiophene rings is 1. The van der Waals surface area contributed by atoms with Crippen LogP contribution in [0.5, 0.6) is 11.5 Å². The van der Waals surface area contributed by atoms with Crippen molar-refractivity contribution in [1.82, 2.24) is 19.9 Å². The first-order chi connectivity index (χ1) is 19.9. The fourth-order valence-corrected chi connectivity index (χ4v) is 5.58. The molecule has 0 aliphatic rings. The molecule has 0 unspecified atom stereocenters. The van der Waals surface area contributed by atoms with Crippen LogP contribution in [0.2, 0.25) is 0 Å². The van der Waals surface area contributed by atoms with Crippen molar-refractivity contribution in [3.05, 3.63) is 90.3 Å². The minimum Gasteiger partial charge on any atom is -0.456 e. The van der Waals surface area contributed by atoms with E-state index in [0.717, 1.165) is 45.0 Å². The molecule has 1 amide bonds. The van der Waals surface area contributed by atoms with Crippen LogP contribution >= 0.6 is 11.3 Å². The third-order valence-electron chi connectivity index (χ3n) is 6.65. The molecule has 0 fully saturated rings. The highest BCUT2D eigenvalue weighted by Crippen LogP contribution is 2.39. The lowest BCUT2D eigenvalue weighted by Gasteiger charge is -2.20. The van der Waals surface area contributed by atoms with Crippen molar-refractivity contribution in [1.29, 1.82) is 0 Å². The first kappa shape index (κ1) is 26.5. The van der Waals surface area contributed by atoms with Gasteiger partial charge in [0, 0.05) is 50.2 Å². The molecule has 0 saturated heterocycles. The number of hydrogen-bond acceptors (Lipinski definition) is 8. The number of carbonyl (C=O) groups is 1. The average Bonchev–Trinajstić information content (AvgIpc) is 3.59. The summed E-state index contributed by atoms with van der Waals surface area (Å²) >= 11 is 1.58. The van der Waals surface area contributed by atoms with Crippen LogP contribution in [0.1, 0.15) is 31.4 Å². The topological polar surface area (TPSA) is 93.4 Å². The van der Waals surface area contributed by atoms with E-state index < -0.39 is 0 Å². The summed E-state index contributed by atoms with van der Waals surface area (Å²) in [6.45, 7) is 7.01. The van der Waals surface area contributed by atoms with E-state index in [1.165, 1.54) is 5.56 Å². The van der Waals surface area contributed by atoms with Crippen LogP contribution in [0.25, 0.3) is 31.9 Å². The zero-order valence-corrected chi connectivity index (χ0v) is 23.9. The summed E-state index contributed by atoms with van der Waals surface area (Å²) in [5.41, 5.74) is 6.15. The van der Waals surface area contributed by atoms with Crippen LogP contribution in [0.4, 0.5) is 11.7 Å². The van der Waals surface area contributed by atoms with E-state index in [-0.39, 0.29) is 5.91 Å². The van der Waals surface area contributed by atoms with Crippen molar-refractivity contribution in [2.24, 2.45) is 0 Å². The largest absolute Gasteiger partial charge is 0.456 e. The van der Waals surface area contributed by atoms with E-state index in [4.69, 9.17) is 9.15 Å². The van der Waals surface area contributed by atoms with Gasteiger partial charge in [-0.05, 0) is 55.3 Å². The Morgan fingerprint density at radius 2 is 1.88 bits per heavy atom. The molecule has 0 aliphatic heterocycles. The Kier molecular flexibility index (Phi) is 7.35. The van der Waals surface area contributed by atoms with E-state index >= 15 is 0 Å². The first-order valence-electron chi connectivity index (χ1n) is 13.5. The second-order valence-electron chi connectivity index (χ2n) is 9.87. The van der Waals surface area contributed by atoms with Crippen molar-refractivity contribution in [3.63, 3.8) is 0 Å². The lowest BCUT2D eigenvalue weighted by molar-refractivity contribution is -0.129. The van der Waals surface area contributed by atoms with Gasteiger partial charge in [0.15, 0.2) is 5.58 Å². The molecule has 6 aromatic rings. The molecule has 6 rings (SSSR count). The van der Waals surface area contributed by atoms with Crippen LogP contribution in [0.3, 0.4) is 0 Å². The summed E-state index contributed by atoms with van der Waals surface area (Å²) in [5, 5.41) is 3.21. The maximum Gasteiger partial charge on any atom is 0.300 e. The Bertz CT molecular complexity index is 1830. The number of oxazole rings is 1. The molecule has 0 radical (unpaired) electrons. The van der Waals surface area contributed by atoms with Gasteiger partial charge in [-0.1, -0.05) is 30.7 Å². The number of amides is 1. The normalized spacial score (nSPS) is 11.2. The SMILES string of the molecule is CCCN(Cc1ccc(-c2cc3nccc(Oc4ccc5oc(Nc6ccc(C)cc6)nc5c4)c3s2)nc1)C(C)=O. The van der Waals surface area contributed by atoms with Crippen molar-refractivity contribution < 1.29 is 13.9 Å². The summed E-state index contributed by atoms with van der Waals surface area (Å²) < 4.78 is 13.1. The van der Waals surface area contributed by atoms with Crippen LogP contribution in [0, 0.1) is 6.92 Å². The van der Waals surface area contributed by atoms with Gasteiger partial charge in [0.05, 0.1) is 20.8 Å². The molecule has 0 atom stereocenters. The number of anilines is 2. The molecule has 8 nitrogen and oxygen atoms in total. The lowest BCUT2D eigenvalue weighted by Crippen LogP contribution is -2.28. The van der Waals surface area contributed by atoms with Gasteiger partial charge >= 0.3 is 0 Å². The minimum absolute atomic E-state index is 0.0705. The highest BCUT2D eigenvalue weighted by Gasteiger charge is 2.14. The Morgan fingerprint density at radius 1 is 1.02 bits per heavy atom. The Morgan fingerprint density at radius 3 is 2.63 bits per heavy atom. The number of hydrogen-bond donors (Lipinski definition) is 1. The summed E-state index contributed by atoms with van der Waals surface area (Å²) in [5.74, 6) is 1.43. The monoisotopic (exact) mass is 563 g/mol. The molecule has 0 bridgehead atoms. The van der Waals surface area contributed by atoms with E-state index in [0.29, 0.717) is 35.2 Å². The lowest BCUT2D eigenvalue weighted by atomic mass is 10.2. The van der Waals surface area contributed by atoms with Gasteiger partial charge in [-0.25, -0.2) is 0 Å². The molecule has 1 N–H and O–H groups in total. The number of aromatic nitrogens is 3. The van der Waals surface area contributed by atoms with Crippen molar-refractivity contribution in [3.8, 4) is 22.1 Å². The first-order valence-corrected chi connectivity index (χ1v) is 14.3. The quantitative estimate of drug-likeness (QED) is 0.190. The van der Waals surface area contributed by atoms with Crippen molar-refractivity contribution in [2.45, 2.75) is 33.7 Å². The summed E-state index contributed by atoms with van der Waals surface area (Å²) in [7, 11) is 0. The van der Waals surface area contributed by atoms with Gasteiger partial charge in [0.2, 0.25) is 5.91 Å². The predicted octanol–water partition coefficient (Wildman–Crippen LogP) is 8.10. The summed E-state index contributed by atoms with van der Waals surface area (Å²) in [6, 6.07) is 22.0. The van der Waals surface area contributed by atoms with E-state index in [1.807, 2.05) is 84.8 Å². The number of nitrogens with one attached hydrogen (secondary N) is 1. The fraction of sp³-hybridized carbons (Fsp3) is 0.188. The molecule has 4 aromatic heterocycles. The molecule has 206 valence electrons. The highest BCUT2D eigenvalue weighted by molar-refractivity contribution is 7.22. The Labute approximate surface area is 241 Å². The van der Waals surface area contributed by atoms with Gasteiger partial charge in [-0.15, -0.1) is 11.3 Å². The summed E-state index contributed by atoms with van der Waals surface area (Å²) in [6.07, 6.45) is 4.50. The third-order valence-corrected chi connectivity index (χ3v) is 7.82. The number of ether oxygens (including phenoxy) is 1. The van der Waals surface area contributed by atoms with Gasteiger partial charge in [0.25, 0.3) is 6.01 Å². The maximum atomic E-state index is 11.9. The molecule has 0 saturated carbocycles. The number of aryl methyl sites for hydroxylation is 1. The van der Waals surface area contributed by atoms with Crippen LogP contribution in [-0.2, 0) is 11.3 Å². The van der Waals surface area contributed by atoms with Crippen LogP contribution in [-0.4, -0.2) is 32.3 Å². The fourth-order valence-electron chi connectivity index (χ4n) is 4.53. The van der Waals surface area contributed by atoms with Gasteiger partial charge in [0.1, 0.15) is 17.0 Å². The molecular weight excluding hydrogens is 534 g/mol. The van der Waals surface area contributed by atoms with Gasteiger partial charge < -0.3 is 19.4 Å². The summed E-state index contributed by atoms with van der Waals surface area (Å²) in [4.78, 5) is 28.5. The van der Waals surface area contributed by atoms with Crippen LogP contribution in [0.15, 0.2) is 83.5 Å². The van der Waals surface area contributed by atoms with Crippen molar-refractivity contribution >= 4 is 50.3 Å². The average molecular weight is 564 g/mol. The molecule has 0 spiro atoms. The van der Waals surface area contributed by atoms with E-state index in [9.17, 15) is 4.79 Å². The van der Waals surface area contributed by atoms with E-state index in [2.05, 4.69) is 27.2 Å². The zero-order chi connectivity index (χ0) is 28.3. The number of fused-ring (bicyclic) bond motifs is 2. The zero-order valence-electron chi connectivity index (χ0n) is 23.0. The predicted molar refractivity (Wildman–Crippen MR) is 163 cm³/mol. The maximum absolute atomic E-state index is 11.9. The molecule has 41 heavy (non-hydrogen) atoms. The second kappa shape index (κ2) is 11.4. The number of pyridine rings is 2. The van der Waals surface area contributed by atoms with Gasteiger partial charge in [-0.3, -0.25) is 14.8 Å². The van der Waals surface area contributed by atoms with Crippen LogP contribution < -0.4 is 10.1 Å². The minimum atomic E-state index is 0.0705. The second-order valence-corrected chi connectivity index (χ2v) is 10.9. The van der Waals surface area contributed by atoms with E-state index in [1.54, 1.807) is 24.5 Å². The number of carbonyl (C=O) groups excluding carboxylic acids is 1. The van der Waals surface area contributed by atoms with Gasteiger partial charge in [-0.2, -0.15) is 4.98 Å². The third kappa shape index (κ3) is 5.90. The highest BCUT2D eigenvalue weighted by atomic mass is 32.1. The number of benzene rings is 2. The number of rotatable bonds is 9.